The van der Waals surface area contributed by atoms with Crippen molar-refractivity contribution < 1.29 is 13.3 Å². The first-order valence-corrected chi connectivity index (χ1v) is 11.2. The Hall–Kier alpha value is -1.55. The molecule has 9 heteroatoms. The molecule has 2 heterocycles. The van der Waals surface area contributed by atoms with E-state index in [-0.39, 0.29) is 0 Å². The third-order valence-corrected chi connectivity index (χ3v) is 7.88. The third-order valence-electron chi connectivity index (χ3n) is 5.48. The average Bonchev–Trinajstić information content (AvgIpc) is 3.46. The van der Waals surface area contributed by atoms with E-state index in [0.29, 0.717) is 30.6 Å². The predicted molar refractivity (Wildman–Crippen MR) is 105 cm³/mol. The van der Waals surface area contributed by atoms with Gasteiger partial charge in [0.05, 0.1) is 31.1 Å². The molecule has 0 spiro atoms. The van der Waals surface area contributed by atoms with Gasteiger partial charge in [-0.15, -0.1) is 0 Å². The SMILES string of the molecule is Cc1ccc(S(=O)(=O)N2CC[NH+](Cn3nc(C4CC4)n(C)c3=S)CC2)cc1. The molecule has 0 radical (unpaired) electrons. The number of quaternary nitrogens is 1. The fourth-order valence-corrected chi connectivity index (χ4v) is 5.22. The molecular formula is C18H26N5O2S2+. The van der Waals surface area contributed by atoms with Crippen LogP contribution in [0.3, 0.4) is 0 Å². The first kappa shape index (κ1) is 18.8. The van der Waals surface area contributed by atoms with E-state index in [1.54, 1.807) is 16.4 Å². The first-order chi connectivity index (χ1) is 12.9. The lowest BCUT2D eigenvalue weighted by Crippen LogP contribution is -3.14. The molecule has 1 N–H and O–H groups in total. The molecule has 146 valence electrons. The highest BCUT2D eigenvalue weighted by molar-refractivity contribution is 7.89. The molecule has 1 aromatic carbocycles. The Morgan fingerprint density at radius 1 is 1.19 bits per heavy atom. The minimum atomic E-state index is -3.42. The van der Waals surface area contributed by atoms with Crippen molar-refractivity contribution in [1.82, 2.24) is 18.7 Å². The molecule has 4 rings (SSSR count). The number of aromatic nitrogens is 3. The van der Waals surface area contributed by atoms with Gasteiger partial charge in [0, 0.05) is 13.0 Å². The van der Waals surface area contributed by atoms with Gasteiger partial charge >= 0.3 is 0 Å². The van der Waals surface area contributed by atoms with E-state index >= 15 is 0 Å². The van der Waals surface area contributed by atoms with Gasteiger partial charge in [-0.1, -0.05) is 17.7 Å². The van der Waals surface area contributed by atoms with Crippen molar-refractivity contribution in [3.8, 4) is 0 Å². The van der Waals surface area contributed by atoms with Gasteiger partial charge in [-0.05, 0) is 44.1 Å². The van der Waals surface area contributed by atoms with E-state index in [9.17, 15) is 8.42 Å². The highest BCUT2D eigenvalue weighted by Gasteiger charge is 2.32. The van der Waals surface area contributed by atoms with Crippen LogP contribution in [0.1, 0.15) is 30.1 Å². The number of benzene rings is 1. The van der Waals surface area contributed by atoms with Gasteiger partial charge < -0.3 is 9.47 Å². The number of hydrogen-bond acceptors (Lipinski definition) is 4. The zero-order valence-electron chi connectivity index (χ0n) is 15.8. The highest BCUT2D eigenvalue weighted by Crippen LogP contribution is 2.38. The lowest BCUT2D eigenvalue weighted by molar-refractivity contribution is -0.926. The molecular weight excluding hydrogens is 382 g/mol. The largest absolute Gasteiger partial charge is 0.314 e. The van der Waals surface area contributed by atoms with Crippen LogP contribution in [0.25, 0.3) is 0 Å². The summed E-state index contributed by atoms with van der Waals surface area (Å²) in [4.78, 5) is 1.68. The number of aryl methyl sites for hydroxylation is 1. The van der Waals surface area contributed by atoms with Gasteiger partial charge in [0.1, 0.15) is 5.82 Å². The maximum atomic E-state index is 12.8. The van der Waals surface area contributed by atoms with Crippen LogP contribution in [-0.2, 0) is 23.7 Å². The maximum absolute atomic E-state index is 12.8. The van der Waals surface area contributed by atoms with Crippen molar-refractivity contribution in [2.24, 2.45) is 7.05 Å². The van der Waals surface area contributed by atoms with Gasteiger partial charge in [-0.2, -0.15) is 14.1 Å². The van der Waals surface area contributed by atoms with Gasteiger partial charge in [0.15, 0.2) is 6.67 Å². The third kappa shape index (κ3) is 3.73. The standard InChI is InChI=1S/C18H25N5O2S2/c1-14-3-7-16(8-4-14)27(24,25)22-11-9-21(10-12-22)13-23-18(26)20(2)17(19-23)15-5-6-15/h3-4,7-8,15H,5-6,9-13H2,1-2H3/p+1. The predicted octanol–water partition coefficient (Wildman–Crippen LogP) is 0.684. The molecule has 1 aliphatic heterocycles. The van der Waals surface area contributed by atoms with Crippen molar-refractivity contribution >= 4 is 22.2 Å². The molecule has 0 atom stereocenters. The molecule has 1 aliphatic carbocycles. The average molecular weight is 409 g/mol. The second-order valence-corrected chi connectivity index (χ2v) is 9.90. The van der Waals surface area contributed by atoms with Crippen molar-refractivity contribution in [3.05, 3.63) is 40.4 Å². The van der Waals surface area contributed by atoms with Crippen LogP contribution in [0.2, 0.25) is 0 Å². The molecule has 7 nitrogen and oxygen atoms in total. The number of sulfonamides is 1. The molecule has 0 unspecified atom stereocenters. The zero-order valence-corrected chi connectivity index (χ0v) is 17.4. The van der Waals surface area contributed by atoms with Gasteiger partial charge in [-0.25, -0.2) is 8.42 Å². The number of nitrogens with zero attached hydrogens (tertiary/aromatic N) is 4. The summed E-state index contributed by atoms with van der Waals surface area (Å²) in [6.45, 7) is 5.18. The minimum Gasteiger partial charge on any atom is -0.314 e. The van der Waals surface area contributed by atoms with E-state index in [4.69, 9.17) is 17.3 Å². The molecule has 27 heavy (non-hydrogen) atoms. The Bertz CT molecular complexity index is 982. The summed E-state index contributed by atoms with van der Waals surface area (Å²) >= 11 is 5.53. The van der Waals surface area contributed by atoms with E-state index in [2.05, 4.69) is 0 Å². The summed E-state index contributed by atoms with van der Waals surface area (Å²) in [5.41, 5.74) is 1.06. The van der Waals surface area contributed by atoms with E-state index in [0.717, 1.165) is 29.2 Å². The van der Waals surface area contributed by atoms with Crippen molar-refractivity contribution in [3.63, 3.8) is 0 Å². The fraction of sp³-hybridized carbons (Fsp3) is 0.556. The Kier molecular flexibility index (Phi) is 4.96. The quantitative estimate of drug-likeness (QED) is 0.739. The molecule has 2 fully saturated rings. The van der Waals surface area contributed by atoms with Gasteiger partial charge in [0.2, 0.25) is 14.8 Å². The van der Waals surface area contributed by atoms with Crippen LogP contribution in [0.15, 0.2) is 29.2 Å². The van der Waals surface area contributed by atoms with Crippen LogP contribution in [0.4, 0.5) is 0 Å². The normalized spacial score (nSPS) is 19.5. The first-order valence-electron chi connectivity index (χ1n) is 9.40. The monoisotopic (exact) mass is 408 g/mol. The molecule has 1 saturated heterocycles. The summed E-state index contributed by atoms with van der Waals surface area (Å²) < 4.78 is 31.9. The molecule has 2 aromatic rings. The van der Waals surface area contributed by atoms with Crippen molar-refractivity contribution in [2.75, 3.05) is 26.2 Å². The van der Waals surface area contributed by atoms with E-state index < -0.39 is 10.0 Å². The Balaban J connectivity index is 1.41. The number of hydrogen-bond donors (Lipinski definition) is 1. The van der Waals surface area contributed by atoms with Crippen LogP contribution < -0.4 is 4.90 Å². The van der Waals surface area contributed by atoms with E-state index in [1.165, 1.54) is 17.7 Å². The van der Waals surface area contributed by atoms with Crippen molar-refractivity contribution in [1.29, 1.82) is 0 Å². The minimum absolute atomic E-state index is 0.373. The molecule has 1 aromatic heterocycles. The Morgan fingerprint density at radius 3 is 2.41 bits per heavy atom. The Morgan fingerprint density at radius 2 is 1.81 bits per heavy atom. The topological polar surface area (TPSA) is 64.6 Å². The van der Waals surface area contributed by atoms with Crippen LogP contribution >= 0.6 is 12.2 Å². The second kappa shape index (κ2) is 7.12. The van der Waals surface area contributed by atoms with Crippen LogP contribution in [-0.4, -0.2) is 53.2 Å². The summed E-state index contributed by atoms with van der Waals surface area (Å²) in [7, 11) is -1.43. The summed E-state index contributed by atoms with van der Waals surface area (Å²) in [5, 5.41) is 4.71. The second-order valence-electron chi connectivity index (χ2n) is 7.60. The van der Waals surface area contributed by atoms with Crippen molar-refractivity contribution in [2.45, 2.75) is 37.2 Å². The number of nitrogens with one attached hydrogen (secondary N) is 1. The number of rotatable bonds is 5. The zero-order chi connectivity index (χ0) is 19.2. The Labute approximate surface area is 165 Å². The molecule has 2 aliphatic rings. The van der Waals surface area contributed by atoms with Crippen LogP contribution in [0.5, 0.6) is 0 Å². The van der Waals surface area contributed by atoms with Crippen LogP contribution in [0, 0.1) is 11.7 Å². The fourth-order valence-electron chi connectivity index (χ4n) is 3.58. The molecule has 0 amide bonds. The van der Waals surface area contributed by atoms with E-state index in [1.807, 2.05) is 35.4 Å². The lowest BCUT2D eigenvalue weighted by atomic mass is 10.2. The van der Waals surface area contributed by atoms with Gasteiger partial charge in [0.25, 0.3) is 0 Å². The maximum Gasteiger partial charge on any atom is 0.243 e. The lowest BCUT2D eigenvalue weighted by Gasteiger charge is -2.31. The molecule has 0 bridgehead atoms. The smallest absolute Gasteiger partial charge is 0.243 e. The molecule has 1 saturated carbocycles. The van der Waals surface area contributed by atoms with Gasteiger partial charge in [-0.3, -0.25) is 0 Å². The highest BCUT2D eigenvalue weighted by atomic mass is 32.2. The number of piperazine rings is 1. The summed E-state index contributed by atoms with van der Waals surface area (Å²) in [6, 6.07) is 7.07. The summed E-state index contributed by atoms with van der Waals surface area (Å²) in [6.07, 6.45) is 2.39. The summed E-state index contributed by atoms with van der Waals surface area (Å²) in [5.74, 6) is 1.64.